The monoisotopic (exact) mass is 326 g/mol. The minimum absolute atomic E-state index is 0.178. The Bertz CT molecular complexity index is 578. The summed E-state index contributed by atoms with van der Waals surface area (Å²) in [5, 5.41) is 10.2. The van der Waals surface area contributed by atoms with Gasteiger partial charge in [0.05, 0.1) is 6.10 Å². The molecule has 0 saturated heterocycles. The summed E-state index contributed by atoms with van der Waals surface area (Å²) in [4.78, 5) is 0. The zero-order valence-electron chi connectivity index (χ0n) is 10.3. The second-order valence-corrected chi connectivity index (χ2v) is 5.41. The van der Waals surface area contributed by atoms with Crippen molar-refractivity contribution < 1.29 is 13.9 Å². The Labute approximate surface area is 119 Å². The standard InChI is InChI=1S/C15H13BrF2O/c1-9-4-11(16)2-3-14(9)15(19)7-10-5-12(17)8-13(18)6-10/h2-6,8,15,19H,7H2,1H3. The van der Waals surface area contributed by atoms with Crippen molar-refractivity contribution in [1.82, 2.24) is 0 Å². The molecule has 0 saturated carbocycles. The van der Waals surface area contributed by atoms with E-state index >= 15 is 0 Å². The van der Waals surface area contributed by atoms with E-state index in [1.165, 1.54) is 12.1 Å². The Balaban J connectivity index is 2.22. The molecule has 0 spiro atoms. The van der Waals surface area contributed by atoms with Crippen molar-refractivity contribution >= 4 is 15.9 Å². The van der Waals surface area contributed by atoms with Crippen molar-refractivity contribution in [3.63, 3.8) is 0 Å². The molecule has 0 radical (unpaired) electrons. The molecule has 0 aromatic heterocycles. The molecule has 0 amide bonds. The minimum atomic E-state index is -0.783. The zero-order chi connectivity index (χ0) is 14.0. The van der Waals surface area contributed by atoms with Gasteiger partial charge in [0.2, 0.25) is 0 Å². The van der Waals surface area contributed by atoms with Crippen molar-refractivity contribution in [2.75, 3.05) is 0 Å². The van der Waals surface area contributed by atoms with E-state index in [9.17, 15) is 13.9 Å². The third-order valence-electron chi connectivity index (χ3n) is 2.94. The highest BCUT2D eigenvalue weighted by molar-refractivity contribution is 9.10. The van der Waals surface area contributed by atoms with Gasteiger partial charge < -0.3 is 5.11 Å². The van der Waals surface area contributed by atoms with Gasteiger partial charge in [0.25, 0.3) is 0 Å². The molecule has 2 aromatic carbocycles. The fraction of sp³-hybridized carbons (Fsp3) is 0.200. The third kappa shape index (κ3) is 3.61. The molecule has 0 fully saturated rings. The van der Waals surface area contributed by atoms with Gasteiger partial charge in [0, 0.05) is 17.0 Å². The first-order chi connectivity index (χ1) is 8.95. The molecule has 0 bridgehead atoms. The SMILES string of the molecule is Cc1cc(Br)ccc1C(O)Cc1cc(F)cc(F)c1. The van der Waals surface area contributed by atoms with Gasteiger partial charge in [-0.2, -0.15) is 0 Å². The normalized spacial score (nSPS) is 12.5. The topological polar surface area (TPSA) is 20.2 Å². The summed E-state index contributed by atoms with van der Waals surface area (Å²) >= 11 is 3.35. The summed E-state index contributed by atoms with van der Waals surface area (Å²) < 4.78 is 27.1. The minimum Gasteiger partial charge on any atom is -0.388 e. The quantitative estimate of drug-likeness (QED) is 0.891. The van der Waals surface area contributed by atoms with Crippen LogP contribution in [0.3, 0.4) is 0 Å². The Morgan fingerprint density at radius 2 is 1.74 bits per heavy atom. The van der Waals surface area contributed by atoms with Crippen molar-refractivity contribution in [1.29, 1.82) is 0 Å². The summed E-state index contributed by atoms with van der Waals surface area (Å²) in [6.07, 6.45) is -0.605. The highest BCUT2D eigenvalue weighted by Crippen LogP contribution is 2.25. The zero-order valence-corrected chi connectivity index (χ0v) is 11.9. The molecule has 1 nitrogen and oxygen atoms in total. The van der Waals surface area contributed by atoms with E-state index in [2.05, 4.69) is 15.9 Å². The van der Waals surface area contributed by atoms with E-state index in [1.54, 1.807) is 6.07 Å². The first kappa shape index (κ1) is 14.2. The molecular formula is C15H13BrF2O. The van der Waals surface area contributed by atoms with Gasteiger partial charge in [-0.05, 0) is 47.9 Å². The van der Waals surface area contributed by atoms with Crippen molar-refractivity contribution in [3.05, 3.63) is 69.2 Å². The lowest BCUT2D eigenvalue weighted by atomic mass is 9.98. The Hall–Kier alpha value is -1.26. The van der Waals surface area contributed by atoms with Gasteiger partial charge in [-0.1, -0.05) is 22.0 Å². The first-order valence-corrected chi connectivity index (χ1v) is 6.64. The maximum atomic E-state index is 13.1. The van der Waals surface area contributed by atoms with Crippen LogP contribution >= 0.6 is 15.9 Å². The van der Waals surface area contributed by atoms with Crippen molar-refractivity contribution in [3.8, 4) is 0 Å². The number of aliphatic hydroxyl groups excluding tert-OH is 1. The molecule has 0 aliphatic carbocycles. The molecule has 0 heterocycles. The molecule has 19 heavy (non-hydrogen) atoms. The van der Waals surface area contributed by atoms with Gasteiger partial charge >= 0.3 is 0 Å². The van der Waals surface area contributed by atoms with Crippen LogP contribution in [-0.2, 0) is 6.42 Å². The Morgan fingerprint density at radius 1 is 1.11 bits per heavy atom. The molecule has 1 atom stereocenters. The summed E-state index contributed by atoms with van der Waals surface area (Å²) in [7, 11) is 0. The van der Waals surface area contributed by atoms with Gasteiger partial charge in [0.1, 0.15) is 11.6 Å². The van der Waals surface area contributed by atoms with Crippen LogP contribution in [0, 0.1) is 18.6 Å². The van der Waals surface area contributed by atoms with Crippen LogP contribution in [0.15, 0.2) is 40.9 Å². The van der Waals surface area contributed by atoms with Crippen LogP contribution in [-0.4, -0.2) is 5.11 Å². The van der Waals surface area contributed by atoms with Gasteiger partial charge in [-0.3, -0.25) is 0 Å². The first-order valence-electron chi connectivity index (χ1n) is 5.85. The molecule has 2 aromatic rings. The average molecular weight is 327 g/mol. The van der Waals surface area contributed by atoms with E-state index in [4.69, 9.17) is 0 Å². The smallest absolute Gasteiger partial charge is 0.126 e. The average Bonchev–Trinajstić information content (AvgIpc) is 2.26. The lowest BCUT2D eigenvalue weighted by Crippen LogP contribution is -2.04. The van der Waals surface area contributed by atoms with Gasteiger partial charge in [-0.15, -0.1) is 0 Å². The maximum absolute atomic E-state index is 13.1. The van der Waals surface area contributed by atoms with Gasteiger partial charge in [-0.25, -0.2) is 8.78 Å². The second kappa shape index (κ2) is 5.80. The molecule has 1 unspecified atom stereocenters. The summed E-state index contributed by atoms with van der Waals surface area (Å²) in [5.74, 6) is -1.26. The van der Waals surface area contributed by atoms with Crippen LogP contribution in [0.4, 0.5) is 8.78 Å². The number of hydrogen-bond donors (Lipinski definition) is 1. The summed E-state index contributed by atoms with van der Waals surface area (Å²) in [5.41, 5.74) is 2.12. The van der Waals surface area contributed by atoms with Crippen LogP contribution < -0.4 is 0 Å². The third-order valence-corrected chi connectivity index (χ3v) is 3.44. The maximum Gasteiger partial charge on any atom is 0.126 e. The highest BCUT2D eigenvalue weighted by Gasteiger charge is 2.12. The van der Waals surface area contributed by atoms with Gasteiger partial charge in [0.15, 0.2) is 0 Å². The number of rotatable bonds is 3. The largest absolute Gasteiger partial charge is 0.388 e. The second-order valence-electron chi connectivity index (χ2n) is 4.50. The van der Waals surface area contributed by atoms with Crippen LogP contribution in [0.5, 0.6) is 0 Å². The van der Waals surface area contributed by atoms with Crippen LogP contribution in [0.2, 0.25) is 0 Å². The molecule has 1 N–H and O–H groups in total. The fourth-order valence-electron chi connectivity index (χ4n) is 2.08. The van der Waals surface area contributed by atoms with Crippen molar-refractivity contribution in [2.24, 2.45) is 0 Å². The van der Waals surface area contributed by atoms with E-state index in [1.807, 2.05) is 19.1 Å². The lowest BCUT2D eigenvalue weighted by Gasteiger charge is -2.14. The number of benzene rings is 2. The molecule has 0 aliphatic rings. The molecule has 0 aliphatic heterocycles. The lowest BCUT2D eigenvalue weighted by molar-refractivity contribution is 0.177. The highest BCUT2D eigenvalue weighted by atomic mass is 79.9. The summed E-state index contributed by atoms with van der Waals surface area (Å²) in [6, 6.07) is 8.82. The number of aryl methyl sites for hydroxylation is 1. The Kier molecular flexibility index (Phi) is 4.32. The number of hydrogen-bond acceptors (Lipinski definition) is 1. The predicted octanol–water partition coefficient (Wildman–Crippen LogP) is 4.31. The van der Waals surface area contributed by atoms with E-state index in [0.717, 1.165) is 21.7 Å². The summed E-state index contributed by atoms with van der Waals surface area (Å²) in [6.45, 7) is 1.88. The fourth-order valence-corrected chi connectivity index (χ4v) is 2.55. The van der Waals surface area contributed by atoms with Crippen LogP contribution in [0.1, 0.15) is 22.8 Å². The Morgan fingerprint density at radius 3 is 2.32 bits per heavy atom. The van der Waals surface area contributed by atoms with Crippen molar-refractivity contribution in [2.45, 2.75) is 19.4 Å². The molecule has 100 valence electrons. The molecule has 4 heteroatoms. The number of aliphatic hydroxyl groups is 1. The van der Waals surface area contributed by atoms with E-state index in [-0.39, 0.29) is 6.42 Å². The molecular weight excluding hydrogens is 314 g/mol. The van der Waals surface area contributed by atoms with E-state index in [0.29, 0.717) is 5.56 Å². The molecule has 2 rings (SSSR count). The van der Waals surface area contributed by atoms with E-state index < -0.39 is 17.7 Å². The van der Waals surface area contributed by atoms with Crippen LogP contribution in [0.25, 0.3) is 0 Å². The number of halogens is 3. The predicted molar refractivity (Wildman–Crippen MR) is 73.9 cm³/mol.